The van der Waals surface area contributed by atoms with Crippen molar-refractivity contribution >= 4 is 42.1 Å². The second-order valence-electron chi connectivity index (χ2n) is 11.0. The molecular formula is C38H30O13. The number of carbonyl (C=O) groups excluding carboxylic acids is 5. The summed E-state index contributed by atoms with van der Waals surface area (Å²) < 4.78 is 37.3. The van der Waals surface area contributed by atoms with Gasteiger partial charge < -0.3 is 32.8 Å². The lowest BCUT2D eigenvalue weighted by Crippen LogP contribution is -2.28. The Kier molecular flexibility index (Phi) is 10.9. The minimum atomic E-state index is -1.42. The predicted octanol–water partition coefficient (Wildman–Crippen LogP) is 5.45. The predicted molar refractivity (Wildman–Crippen MR) is 180 cm³/mol. The molecule has 1 heterocycles. The number of hydrogen-bond acceptors (Lipinski definition) is 13. The number of Topliss-reactive ketones (excluding diaryl/α,β-unsaturated/α-hetero) is 1. The van der Waals surface area contributed by atoms with Crippen molar-refractivity contribution in [2.75, 3.05) is 14.2 Å². The molecule has 0 saturated heterocycles. The minimum Gasteiger partial charge on any atom is -0.497 e. The Morgan fingerprint density at radius 2 is 1.24 bits per heavy atom. The van der Waals surface area contributed by atoms with Crippen molar-refractivity contribution in [1.29, 1.82) is 0 Å². The molecule has 0 fully saturated rings. The van der Waals surface area contributed by atoms with Crippen molar-refractivity contribution in [2.24, 2.45) is 0 Å². The Morgan fingerprint density at radius 1 is 0.706 bits per heavy atom. The molecule has 1 unspecified atom stereocenters. The van der Waals surface area contributed by atoms with Gasteiger partial charge in [-0.15, -0.1) is 0 Å². The van der Waals surface area contributed by atoms with Crippen molar-refractivity contribution < 1.29 is 56.8 Å². The standard InChI is InChI=1S/C38H30O13/c1-21-13-27(45-3)14-30(50-20-41)33(21)38(44)35(29-17-47-31-15-28(46-4)16-32(51-22(2)42)36(31)37(29)43)34(23-5-9-25(10-6-23)48-18-39)24-7-11-26(12-8-24)49-19-40/h5-20,34-35H,1-4H3. The van der Waals surface area contributed by atoms with Crippen LogP contribution in [0.1, 0.15) is 51.4 Å². The van der Waals surface area contributed by atoms with E-state index >= 15 is 4.79 Å². The van der Waals surface area contributed by atoms with Crippen LogP contribution >= 0.6 is 0 Å². The monoisotopic (exact) mass is 694 g/mol. The Labute approximate surface area is 290 Å². The highest BCUT2D eigenvalue weighted by Crippen LogP contribution is 2.44. The van der Waals surface area contributed by atoms with Crippen molar-refractivity contribution in [3.63, 3.8) is 0 Å². The van der Waals surface area contributed by atoms with Crippen LogP contribution in [0.15, 0.2) is 88.3 Å². The number of ether oxygens (including phenoxy) is 6. The molecule has 13 nitrogen and oxygen atoms in total. The van der Waals surface area contributed by atoms with E-state index in [4.69, 9.17) is 32.8 Å². The van der Waals surface area contributed by atoms with E-state index in [-0.39, 0.29) is 70.3 Å². The highest BCUT2D eigenvalue weighted by molar-refractivity contribution is 6.06. The Hall–Kier alpha value is -6.76. The van der Waals surface area contributed by atoms with E-state index in [9.17, 15) is 24.0 Å². The van der Waals surface area contributed by atoms with E-state index in [0.717, 1.165) is 13.2 Å². The third-order valence-electron chi connectivity index (χ3n) is 8.06. The van der Waals surface area contributed by atoms with Gasteiger partial charge in [-0.3, -0.25) is 28.8 Å². The molecule has 0 aliphatic heterocycles. The third-order valence-corrected chi connectivity index (χ3v) is 8.06. The largest absolute Gasteiger partial charge is 0.497 e. The van der Waals surface area contributed by atoms with E-state index in [2.05, 4.69) is 0 Å². The van der Waals surface area contributed by atoms with Gasteiger partial charge in [-0.25, -0.2) is 0 Å². The van der Waals surface area contributed by atoms with Crippen LogP contribution < -0.4 is 33.8 Å². The molecule has 0 amide bonds. The van der Waals surface area contributed by atoms with Crippen LogP contribution in [0.4, 0.5) is 0 Å². The fraction of sp³-hybridized carbons (Fsp3) is 0.158. The van der Waals surface area contributed by atoms with Crippen LogP contribution in [0.25, 0.3) is 11.0 Å². The highest BCUT2D eigenvalue weighted by Gasteiger charge is 2.38. The van der Waals surface area contributed by atoms with E-state index in [1.165, 1.54) is 56.7 Å². The zero-order chi connectivity index (χ0) is 36.7. The minimum absolute atomic E-state index is 0.0124. The lowest BCUT2D eigenvalue weighted by atomic mass is 9.73. The summed E-state index contributed by atoms with van der Waals surface area (Å²) in [7, 11) is 2.79. The molecule has 13 heteroatoms. The van der Waals surface area contributed by atoms with Crippen molar-refractivity contribution in [3.8, 4) is 34.5 Å². The van der Waals surface area contributed by atoms with Gasteiger partial charge in [0.25, 0.3) is 19.4 Å². The molecule has 5 aromatic rings. The number of ketones is 1. The average Bonchev–Trinajstić information content (AvgIpc) is 3.11. The number of benzene rings is 4. The molecule has 0 radical (unpaired) electrons. The lowest BCUT2D eigenvalue weighted by molar-refractivity contribution is -0.132. The first-order chi connectivity index (χ1) is 24.6. The van der Waals surface area contributed by atoms with Gasteiger partial charge in [0.15, 0.2) is 11.2 Å². The Balaban J connectivity index is 1.88. The second kappa shape index (κ2) is 15.6. The maximum Gasteiger partial charge on any atom is 0.308 e. The second-order valence-corrected chi connectivity index (χ2v) is 11.0. The van der Waals surface area contributed by atoms with Crippen LogP contribution in [0, 0.1) is 6.92 Å². The summed E-state index contributed by atoms with van der Waals surface area (Å²) in [5, 5.41) is -0.139. The van der Waals surface area contributed by atoms with Crippen LogP contribution in [-0.4, -0.2) is 45.4 Å². The van der Waals surface area contributed by atoms with Gasteiger partial charge in [0, 0.05) is 36.6 Å². The van der Waals surface area contributed by atoms with Gasteiger partial charge in [-0.05, 0) is 53.9 Å². The van der Waals surface area contributed by atoms with E-state index < -0.39 is 29.0 Å². The van der Waals surface area contributed by atoms with Gasteiger partial charge in [0.2, 0.25) is 0 Å². The van der Waals surface area contributed by atoms with Crippen LogP contribution in [0.3, 0.4) is 0 Å². The SMILES string of the molecule is COc1cc(C)c(C(=O)C(c2coc3cc(OC)cc(OC(C)=O)c3c2=O)C(c2ccc(OC=O)cc2)c2ccc(OC=O)cc2)c(OC=O)c1. The van der Waals surface area contributed by atoms with Gasteiger partial charge in [-0.1, -0.05) is 24.3 Å². The molecule has 0 spiro atoms. The van der Waals surface area contributed by atoms with Gasteiger partial charge >= 0.3 is 5.97 Å². The lowest BCUT2D eigenvalue weighted by Gasteiger charge is -2.28. The summed E-state index contributed by atoms with van der Waals surface area (Å²) in [6, 6.07) is 18.2. The number of esters is 1. The van der Waals surface area contributed by atoms with Crippen LogP contribution in [0.5, 0.6) is 34.5 Å². The molecule has 4 aromatic carbocycles. The molecular weight excluding hydrogens is 664 g/mol. The number of hydrogen-bond donors (Lipinski definition) is 0. The molecule has 51 heavy (non-hydrogen) atoms. The zero-order valence-electron chi connectivity index (χ0n) is 27.7. The van der Waals surface area contributed by atoms with Crippen LogP contribution in [0.2, 0.25) is 0 Å². The summed E-state index contributed by atoms with van der Waals surface area (Å²) >= 11 is 0. The van der Waals surface area contributed by atoms with Gasteiger partial charge in [-0.2, -0.15) is 0 Å². The zero-order valence-corrected chi connectivity index (χ0v) is 27.7. The van der Waals surface area contributed by atoms with Gasteiger partial charge in [0.05, 0.1) is 32.0 Å². The fourth-order valence-corrected chi connectivity index (χ4v) is 5.90. The van der Waals surface area contributed by atoms with E-state index in [0.29, 0.717) is 22.4 Å². The number of fused-ring (bicyclic) bond motifs is 1. The molecule has 1 atom stereocenters. The third kappa shape index (κ3) is 7.47. The van der Waals surface area contributed by atoms with Crippen molar-refractivity contribution in [2.45, 2.75) is 25.7 Å². The molecule has 1 aromatic heterocycles. The first kappa shape index (κ1) is 35.5. The number of rotatable bonds is 15. The molecule has 0 aliphatic carbocycles. The molecule has 5 rings (SSSR count). The van der Waals surface area contributed by atoms with E-state index in [1.54, 1.807) is 37.3 Å². The first-order valence-electron chi connectivity index (χ1n) is 15.2. The summed E-state index contributed by atoms with van der Waals surface area (Å²) in [4.78, 5) is 75.7. The van der Waals surface area contributed by atoms with Crippen LogP contribution in [-0.2, 0) is 19.2 Å². The highest BCUT2D eigenvalue weighted by atomic mass is 16.5. The fourth-order valence-electron chi connectivity index (χ4n) is 5.90. The quantitative estimate of drug-likeness (QED) is 0.0587. The number of aryl methyl sites for hydroxylation is 1. The molecule has 260 valence electrons. The number of methoxy groups -OCH3 is 2. The summed E-state index contributed by atoms with van der Waals surface area (Å²) in [6.07, 6.45) is 1.14. The Morgan fingerprint density at radius 3 is 1.75 bits per heavy atom. The van der Waals surface area contributed by atoms with Crippen molar-refractivity contribution in [1.82, 2.24) is 0 Å². The average molecular weight is 695 g/mol. The summed E-state index contributed by atoms with van der Waals surface area (Å²) in [6.45, 7) is 3.47. The van der Waals surface area contributed by atoms with Crippen molar-refractivity contribution in [3.05, 3.63) is 117 Å². The smallest absolute Gasteiger partial charge is 0.308 e. The molecule has 0 saturated carbocycles. The van der Waals surface area contributed by atoms with E-state index in [1.807, 2.05) is 0 Å². The summed E-state index contributed by atoms with van der Waals surface area (Å²) in [5.74, 6) is -3.12. The first-order valence-corrected chi connectivity index (χ1v) is 15.2. The number of carbonyl (C=O) groups is 5. The maximum atomic E-state index is 15.2. The molecule has 0 aliphatic rings. The summed E-state index contributed by atoms with van der Waals surface area (Å²) in [5.41, 5.74) is 0.449. The van der Waals surface area contributed by atoms with Gasteiger partial charge in [0.1, 0.15) is 45.5 Å². The molecule has 0 bridgehead atoms. The Bertz CT molecular complexity index is 2110. The topological polar surface area (TPSA) is 171 Å². The normalized spacial score (nSPS) is 11.3. The maximum absolute atomic E-state index is 15.2. The molecule has 0 N–H and O–H groups in total.